The van der Waals surface area contributed by atoms with Crippen LogP contribution in [0.1, 0.15) is 24.5 Å². The van der Waals surface area contributed by atoms with Crippen molar-refractivity contribution in [2.45, 2.75) is 33.7 Å². The second-order valence-corrected chi connectivity index (χ2v) is 6.92. The summed E-state index contributed by atoms with van der Waals surface area (Å²) in [5.41, 5.74) is 8.14. The average Bonchev–Trinajstić information content (AvgIpc) is 2.64. The zero-order valence-corrected chi connectivity index (χ0v) is 17.5. The first-order chi connectivity index (χ1) is 13.3. The molecule has 152 valence electrons. The van der Waals surface area contributed by atoms with Gasteiger partial charge in [0.2, 0.25) is 0 Å². The van der Waals surface area contributed by atoms with Crippen molar-refractivity contribution >= 4 is 34.5 Å². The van der Waals surface area contributed by atoms with E-state index in [1.807, 2.05) is 39.0 Å². The number of hydrogen-bond acceptors (Lipinski definition) is 5. The number of rotatable bonds is 7. The van der Waals surface area contributed by atoms with Crippen molar-refractivity contribution in [1.29, 1.82) is 0 Å². The molecule has 0 spiro atoms. The molecule has 0 aliphatic heterocycles. The maximum Gasteiger partial charge on any atom is 0.330 e. The van der Waals surface area contributed by atoms with E-state index in [0.717, 1.165) is 16.8 Å². The molecule has 9 heteroatoms. The minimum atomic E-state index is -0.587. The number of anilines is 3. The van der Waals surface area contributed by atoms with Crippen LogP contribution in [0.3, 0.4) is 0 Å². The van der Waals surface area contributed by atoms with Crippen LogP contribution in [0.25, 0.3) is 0 Å². The highest BCUT2D eigenvalue weighted by atomic mass is 32.1. The van der Waals surface area contributed by atoms with Gasteiger partial charge in [-0.25, -0.2) is 4.79 Å². The van der Waals surface area contributed by atoms with Crippen LogP contribution in [0.5, 0.6) is 0 Å². The molecule has 28 heavy (non-hydrogen) atoms. The molecule has 8 nitrogen and oxygen atoms in total. The van der Waals surface area contributed by atoms with Gasteiger partial charge >= 0.3 is 5.69 Å². The molecule has 2 rings (SSSR count). The van der Waals surface area contributed by atoms with Crippen LogP contribution in [0.15, 0.2) is 27.8 Å². The van der Waals surface area contributed by atoms with E-state index in [2.05, 4.69) is 10.3 Å². The van der Waals surface area contributed by atoms with Crippen LogP contribution in [-0.2, 0) is 11.3 Å². The first-order valence-corrected chi connectivity index (χ1v) is 9.48. The van der Waals surface area contributed by atoms with Gasteiger partial charge in [-0.15, -0.1) is 0 Å². The zero-order valence-electron chi connectivity index (χ0n) is 16.7. The number of nitrogens with two attached hydrogens (primary N) is 1. The van der Waals surface area contributed by atoms with Crippen molar-refractivity contribution < 1.29 is 4.74 Å². The van der Waals surface area contributed by atoms with Gasteiger partial charge in [0.15, 0.2) is 10.8 Å². The molecule has 4 N–H and O–H groups in total. The Balaban J connectivity index is 2.50. The number of nitrogen functional groups attached to an aromatic ring is 1. The molecule has 1 aromatic heterocycles. The Bertz CT molecular complexity index is 967. The summed E-state index contributed by atoms with van der Waals surface area (Å²) in [6, 6.07) is 5.97. The van der Waals surface area contributed by atoms with Crippen LogP contribution in [-0.4, -0.2) is 34.9 Å². The molecule has 0 bridgehead atoms. The highest BCUT2D eigenvalue weighted by Crippen LogP contribution is 2.21. The van der Waals surface area contributed by atoms with Gasteiger partial charge in [-0.3, -0.25) is 14.3 Å². The molecular formula is C19H27N5O3S. The average molecular weight is 406 g/mol. The number of nitrogens with one attached hydrogen (secondary N) is 2. The number of aromatic amines is 1. The van der Waals surface area contributed by atoms with E-state index in [1.165, 1.54) is 4.57 Å². The summed E-state index contributed by atoms with van der Waals surface area (Å²) >= 11 is 5.58. The van der Waals surface area contributed by atoms with Gasteiger partial charge in [-0.05, 0) is 49.7 Å². The monoisotopic (exact) mass is 405 g/mol. The Morgan fingerprint density at radius 1 is 1.36 bits per heavy atom. The third kappa shape index (κ3) is 4.79. The van der Waals surface area contributed by atoms with Gasteiger partial charge in [-0.1, -0.05) is 19.1 Å². The molecule has 0 radical (unpaired) electrons. The standard InChI is InChI=1S/C19H27N5O3S/c1-5-8-24-16(20)15(17(25)22-18(24)26)23(9-10-27-4)19(28)21-14-11-12(2)6-7-13(14)3/h6-7,11H,5,8-10,20H2,1-4H3,(H,21,28)(H,22,25,26). The molecule has 0 saturated heterocycles. The second kappa shape index (κ2) is 9.52. The van der Waals surface area contributed by atoms with Crippen molar-refractivity contribution in [1.82, 2.24) is 9.55 Å². The number of hydrogen-bond donors (Lipinski definition) is 3. The normalized spacial score (nSPS) is 10.7. The lowest BCUT2D eigenvalue weighted by Gasteiger charge is -2.27. The summed E-state index contributed by atoms with van der Waals surface area (Å²) in [6.45, 7) is 6.88. The van der Waals surface area contributed by atoms with E-state index in [0.29, 0.717) is 31.2 Å². The number of benzene rings is 1. The highest BCUT2D eigenvalue weighted by molar-refractivity contribution is 7.80. The fourth-order valence-corrected chi connectivity index (χ4v) is 3.13. The predicted octanol–water partition coefficient (Wildman–Crippen LogP) is 2.00. The van der Waals surface area contributed by atoms with Gasteiger partial charge in [-0.2, -0.15) is 0 Å². The Hall–Kier alpha value is -2.65. The van der Waals surface area contributed by atoms with Gasteiger partial charge in [0.1, 0.15) is 5.82 Å². The van der Waals surface area contributed by atoms with Crippen LogP contribution >= 0.6 is 12.2 Å². The minimum Gasteiger partial charge on any atom is -0.383 e. The first kappa shape index (κ1) is 21.6. The highest BCUT2D eigenvalue weighted by Gasteiger charge is 2.22. The number of ether oxygens (including phenoxy) is 1. The lowest BCUT2D eigenvalue weighted by Crippen LogP contribution is -2.44. The van der Waals surface area contributed by atoms with E-state index in [9.17, 15) is 9.59 Å². The smallest absolute Gasteiger partial charge is 0.330 e. The van der Waals surface area contributed by atoms with Crippen LogP contribution < -0.4 is 27.2 Å². The Morgan fingerprint density at radius 2 is 2.07 bits per heavy atom. The van der Waals surface area contributed by atoms with E-state index in [-0.39, 0.29) is 11.5 Å². The number of methoxy groups -OCH3 is 1. The molecule has 0 fully saturated rings. The number of nitrogens with zero attached hydrogens (tertiary/aromatic N) is 2. The summed E-state index contributed by atoms with van der Waals surface area (Å²) < 4.78 is 6.51. The molecule has 0 saturated carbocycles. The Labute approximate surface area is 169 Å². The van der Waals surface area contributed by atoms with Crippen molar-refractivity contribution in [3.8, 4) is 0 Å². The largest absolute Gasteiger partial charge is 0.383 e. The molecule has 0 atom stereocenters. The summed E-state index contributed by atoms with van der Waals surface area (Å²) in [7, 11) is 1.56. The third-order valence-electron chi connectivity index (χ3n) is 4.33. The number of aromatic nitrogens is 2. The van der Waals surface area contributed by atoms with Gasteiger partial charge in [0.25, 0.3) is 5.56 Å². The summed E-state index contributed by atoms with van der Waals surface area (Å²) in [5, 5.41) is 3.48. The molecular weight excluding hydrogens is 378 g/mol. The number of aryl methyl sites for hydroxylation is 2. The molecule has 2 aromatic rings. The topological polar surface area (TPSA) is 105 Å². The van der Waals surface area contributed by atoms with Crippen LogP contribution in [0.4, 0.5) is 17.2 Å². The molecule has 0 unspecified atom stereocenters. The summed E-state index contributed by atoms with van der Waals surface area (Å²) in [5.74, 6) is 0.0804. The van der Waals surface area contributed by atoms with E-state index >= 15 is 0 Å². The van der Waals surface area contributed by atoms with E-state index in [4.69, 9.17) is 22.7 Å². The van der Waals surface area contributed by atoms with Crippen molar-refractivity contribution in [2.24, 2.45) is 0 Å². The van der Waals surface area contributed by atoms with Crippen molar-refractivity contribution in [3.05, 3.63) is 50.2 Å². The summed E-state index contributed by atoms with van der Waals surface area (Å²) in [4.78, 5) is 28.6. The van der Waals surface area contributed by atoms with Crippen molar-refractivity contribution in [3.63, 3.8) is 0 Å². The van der Waals surface area contributed by atoms with Gasteiger partial charge < -0.3 is 20.7 Å². The molecule has 0 amide bonds. The van der Waals surface area contributed by atoms with Crippen LogP contribution in [0.2, 0.25) is 0 Å². The number of H-pyrrole nitrogens is 1. The fourth-order valence-electron chi connectivity index (χ4n) is 2.83. The lowest BCUT2D eigenvalue weighted by atomic mass is 10.1. The molecule has 1 heterocycles. The van der Waals surface area contributed by atoms with E-state index in [1.54, 1.807) is 12.0 Å². The molecule has 1 aromatic carbocycles. The SMILES string of the molecule is CCCn1c(N)c(N(CCOC)C(=S)Nc2cc(C)ccc2C)c(=O)[nH]c1=O. The van der Waals surface area contributed by atoms with Gasteiger partial charge in [0, 0.05) is 25.9 Å². The maximum absolute atomic E-state index is 12.6. The minimum absolute atomic E-state index is 0.0804. The summed E-state index contributed by atoms with van der Waals surface area (Å²) in [6.07, 6.45) is 0.693. The Kier molecular flexibility index (Phi) is 7.36. The molecule has 0 aliphatic rings. The third-order valence-corrected chi connectivity index (χ3v) is 4.65. The second-order valence-electron chi connectivity index (χ2n) is 6.54. The first-order valence-electron chi connectivity index (χ1n) is 9.07. The maximum atomic E-state index is 12.6. The lowest BCUT2D eigenvalue weighted by molar-refractivity contribution is 0.208. The predicted molar refractivity (Wildman–Crippen MR) is 117 cm³/mol. The van der Waals surface area contributed by atoms with Crippen LogP contribution in [0, 0.1) is 13.8 Å². The quantitative estimate of drug-likeness (QED) is 0.605. The van der Waals surface area contributed by atoms with Gasteiger partial charge in [0.05, 0.1) is 6.61 Å². The van der Waals surface area contributed by atoms with Crippen molar-refractivity contribution in [2.75, 3.05) is 36.2 Å². The zero-order chi connectivity index (χ0) is 20.8. The van der Waals surface area contributed by atoms with E-state index < -0.39 is 11.2 Å². The number of thiocarbonyl (C=S) groups is 1. The molecule has 0 aliphatic carbocycles. The fraction of sp³-hybridized carbons (Fsp3) is 0.421. The Morgan fingerprint density at radius 3 is 2.71 bits per heavy atom.